The summed E-state index contributed by atoms with van der Waals surface area (Å²) in [6, 6.07) is 14.4. The standard InChI is InChI=1S/C17H18N4OS/c1-12(14-8-7-13-5-3-4-6-15(13)9-14)19-16(22)10-23-17-20-18-11-21(17)2/h3-9,11-12H,10H2,1-2H3,(H,19,22). The zero-order chi connectivity index (χ0) is 16.2. The number of aromatic nitrogens is 3. The van der Waals surface area contributed by atoms with Crippen LogP contribution in [0.3, 0.4) is 0 Å². The number of carbonyl (C=O) groups is 1. The molecule has 0 radical (unpaired) electrons. The molecule has 6 heteroatoms. The Bertz CT molecular complexity index is 830. The average molecular weight is 326 g/mol. The number of fused-ring (bicyclic) bond motifs is 1. The van der Waals surface area contributed by atoms with Gasteiger partial charge in [0.15, 0.2) is 5.16 Å². The van der Waals surface area contributed by atoms with Crippen molar-refractivity contribution in [1.82, 2.24) is 20.1 Å². The fourth-order valence-electron chi connectivity index (χ4n) is 2.38. The highest BCUT2D eigenvalue weighted by molar-refractivity contribution is 7.99. The lowest BCUT2D eigenvalue weighted by Crippen LogP contribution is -2.28. The molecule has 0 saturated heterocycles. The van der Waals surface area contributed by atoms with E-state index >= 15 is 0 Å². The molecule has 3 aromatic rings. The van der Waals surface area contributed by atoms with E-state index in [-0.39, 0.29) is 11.9 Å². The molecule has 0 aliphatic carbocycles. The third-order valence-electron chi connectivity index (χ3n) is 3.65. The maximum absolute atomic E-state index is 12.1. The fraction of sp³-hybridized carbons (Fsp3) is 0.235. The summed E-state index contributed by atoms with van der Waals surface area (Å²) < 4.78 is 1.80. The maximum Gasteiger partial charge on any atom is 0.230 e. The van der Waals surface area contributed by atoms with Gasteiger partial charge in [0.25, 0.3) is 0 Å². The quantitative estimate of drug-likeness (QED) is 0.732. The molecule has 1 atom stereocenters. The van der Waals surface area contributed by atoms with Crippen LogP contribution in [0.1, 0.15) is 18.5 Å². The number of benzene rings is 2. The Morgan fingerprint density at radius 3 is 2.78 bits per heavy atom. The van der Waals surface area contributed by atoms with Gasteiger partial charge in [-0.25, -0.2) is 0 Å². The predicted octanol–water partition coefficient (Wildman–Crippen LogP) is 2.94. The predicted molar refractivity (Wildman–Crippen MR) is 92.2 cm³/mol. The van der Waals surface area contributed by atoms with Gasteiger partial charge in [-0.1, -0.05) is 48.2 Å². The number of hydrogen-bond donors (Lipinski definition) is 1. The van der Waals surface area contributed by atoms with Gasteiger partial charge in [0.2, 0.25) is 5.91 Å². The van der Waals surface area contributed by atoms with Crippen molar-refractivity contribution in [2.45, 2.75) is 18.1 Å². The van der Waals surface area contributed by atoms with Crippen molar-refractivity contribution in [3.8, 4) is 0 Å². The monoisotopic (exact) mass is 326 g/mol. The molecule has 1 unspecified atom stereocenters. The third-order valence-corrected chi connectivity index (χ3v) is 4.69. The molecule has 2 aromatic carbocycles. The number of amides is 1. The highest BCUT2D eigenvalue weighted by atomic mass is 32.2. The lowest BCUT2D eigenvalue weighted by Gasteiger charge is -2.15. The highest BCUT2D eigenvalue weighted by Gasteiger charge is 2.12. The van der Waals surface area contributed by atoms with Gasteiger partial charge in [-0.15, -0.1) is 10.2 Å². The molecule has 0 aliphatic rings. The number of thioether (sulfide) groups is 1. The maximum atomic E-state index is 12.1. The van der Waals surface area contributed by atoms with E-state index in [0.29, 0.717) is 5.75 Å². The lowest BCUT2D eigenvalue weighted by atomic mass is 10.0. The van der Waals surface area contributed by atoms with E-state index in [2.05, 4.69) is 45.8 Å². The number of carbonyl (C=O) groups excluding carboxylic acids is 1. The second-order valence-electron chi connectivity index (χ2n) is 5.41. The summed E-state index contributed by atoms with van der Waals surface area (Å²) in [4.78, 5) is 12.1. The van der Waals surface area contributed by atoms with Crippen LogP contribution in [-0.4, -0.2) is 26.4 Å². The summed E-state index contributed by atoms with van der Waals surface area (Å²) in [6.07, 6.45) is 1.62. The van der Waals surface area contributed by atoms with E-state index in [1.54, 1.807) is 10.9 Å². The SMILES string of the molecule is CC(NC(=O)CSc1nncn1C)c1ccc2ccccc2c1. The molecule has 0 bridgehead atoms. The number of rotatable bonds is 5. The van der Waals surface area contributed by atoms with Gasteiger partial charge in [-0.3, -0.25) is 4.79 Å². The number of aryl methyl sites for hydroxylation is 1. The summed E-state index contributed by atoms with van der Waals surface area (Å²) >= 11 is 1.38. The number of nitrogens with zero attached hydrogens (tertiary/aromatic N) is 3. The van der Waals surface area contributed by atoms with Crippen molar-refractivity contribution in [1.29, 1.82) is 0 Å². The second kappa shape index (κ2) is 6.83. The zero-order valence-corrected chi connectivity index (χ0v) is 13.9. The molecular weight excluding hydrogens is 308 g/mol. The van der Waals surface area contributed by atoms with Crippen molar-refractivity contribution < 1.29 is 4.79 Å². The normalized spacial score (nSPS) is 12.3. The summed E-state index contributed by atoms with van der Waals surface area (Å²) in [5.41, 5.74) is 1.10. The Kier molecular flexibility index (Phi) is 4.62. The Morgan fingerprint density at radius 2 is 2.04 bits per heavy atom. The molecule has 0 fully saturated rings. The first-order valence-electron chi connectivity index (χ1n) is 7.38. The van der Waals surface area contributed by atoms with Crippen LogP contribution in [0, 0.1) is 0 Å². The van der Waals surface area contributed by atoms with Crippen LogP contribution in [0.25, 0.3) is 10.8 Å². The first kappa shape index (κ1) is 15.6. The summed E-state index contributed by atoms with van der Waals surface area (Å²) in [6.45, 7) is 2.00. The summed E-state index contributed by atoms with van der Waals surface area (Å²) in [7, 11) is 1.86. The van der Waals surface area contributed by atoms with Crippen LogP contribution in [0.5, 0.6) is 0 Å². The van der Waals surface area contributed by atoms with E-state index < -0.39 is 0 Å². The van der Waals surface area contributed by atoms with E-state index in [4.69, 9.17) is 0 Å². The molecular formula is C17H18N4OS. The fourth-order valence-corrected chi connectivity index (χ4v) is 3.08. The molecule has 1 amide bonds. The largest absolute Gasteiger partial charge is 0.349 e. The minimum absolute atomic E-state index is 0.0151. The molecule has 0 saturated carbocycles. The van der Waals surface area contributed by atoms with E-state index in [9.17, 15) is 4.79 Å². The molecule has 118 valence electrons. The van der Waals surface area contributed by atoms with Crippen LogP contribution in [0.4, 0.5) is 0 Å². The van der Waals surface area contributed by atoms with Gasteiger partial charge in [0.1, 0.15) is 6.33 Å². The van der Waals surface area contributed by atoms with Crippen molar-refractivity contribution >= 4 is 28.4 Å². The molecule has 0 aliphatic heterocycles. The number of hydrogen-bond acceptors (Lipinski definition) is 4. The van der Waals surface area contributed by atoms with Gasteiger partial charge >= 0.3 is 0 Å². The van der Waals surface area contributed by atoms with Crippen molar-refractivity contribution in [2.24, 2.45) is 7.05 Å². The Labute approximate surface area is 139 Å². The summed E-state index contributed by atoms with van der Waals surface area (Å²) in [5.74, 6) is 0.309. The van der Waals surface area contributed by atoms with Crippen molar-refractivity contribution in [3.05, 3.63) is 54.4 Å². The molecule has 1 aromatic heterocycles. The first-order valence-corrected chi connectivity index (χ1v) is 8.37. The zero-order valence-electron chi connectivity index (χ0n) is 13.1. The van der Waals surface area contributed by atoms with Crippen LogP contribution < -0.4 is 5.32 Å². The van der Waals surface area contributed by atoms with Gasteiger partial charge in [0.05, 0.1) is 11.8 Å². The lowest BCUT2D eigenvalue weighted by molar-refractivity contribution is -0.119. The average Bonchev–Trinajstić information content (AvgIpc) is 2.97. The number of nitrogens with one attached hydrogen (secondary N) is 1. The third kappa shape index (κ3) is 3.71. The molecule has 5 nitrogen and oxygen atoms in total. The first-order chi connectivity index (χ1) is 11.1. The van der Waals surface area contributed by atoms with Gasteiger partial charge in [0, 0.05) is 7.05 Å². The van der Waals surface area contributed by atoms with E-state index in [1.807, 2.05) is 26.1 Å². The van der Waals surface area contributed by atoms with Crippen LogP contribution in [0.15, 0.2) is 53.9 Å². The topological polar surface area (TPSA) is 59.8 Å². The molecule has 1 N–H and O–H groups in total. The molecule has 0 spiro atoms. The smallest absolute Gasteiger partial charge is 0.230 e. The Balaban J connectivity index is 1.62. The van der Waals surface area contributed by atoms with Crippen molar-refractivity contribution in [3.63, 3.8) is 0 Å². The van der Waals surface area contributed by atoms with Gasteiger partial charge in [-0.2, -0.15) is 0 Å². The highest BCUT2D eigenvalue weighted by Crippen LogP contribution is 2.20. The Hall–Kier alpha value is -2.34. The van der Waals surface area contributed by atoms with E-state index in [0.717, 1.165) is 10.7 Å². The molecule has 1 heterocycles. The summed E-state index contributed by atoms with van der Waals surface area (Å²) in [5, 5.41) is 13.9. The van der Waals surface area contributed by atoms with Crippen LogP contribution in [-0.2, 0) is 11.8 Å². The van der Waals surface area contributed by atoms with Gasteiger partial charge in [-0.05, 0) is 29.3 Å². The van der Waals surface area contributed by atoms with Crippen LogP contribution in [0.2, 0.25) is 0 Å². The minimum atomic E-state index is -0.0350. The van der Waals surface area contributed by atoms with Gasteiger partial charge < -0.3 is 9.88 Å². The van der Waals surface area contributed by atoms with Crippen molar-refractivity contribution in [2.75, 3.05) is 5.75 Å². The Morgan fingerprint density at radius 1 is 1.26 bits per heavy atom. The minimum Gasteiger partial charge on any atom is -0.349 e. The molecule has 23 heavy (non-hydrogen) atoms. The molecule has 3 rings (SSSR count). The van der Waals surface area contributed by atoms with E-state index in [1.165, 1.54) is 22.5 Å². The second-order valence-corrected chi connectivity index (χ2v) is 6.35. The van der Waals surface area contributed by atoms with Crippen LogP contribution >= 0.6 is 11.8 Å².